The van der Waals surface area contributed by atoms with Crippen molar-refractivity contribution in [2.75, 3.05) is 0 Å². The molecule has 1 aliphatic rings. The van der Waals surface area contributed by atoms with Gasteiger partial charge in [-0.3, -0.25) is 0 Å². The van der Waals surface area contributed by atoms with Crippen molar-refractivity contribution in [1.29, 1.82) is 0 Å². The molecule has 1 aromatic carbocycles. The first-order chi connectivity index (χ1) is 12.7. The molecular weight excluding hydrogens is 559 g/mol. The summed E-state index contributed by atoms with van der Waals surface area (Å²) in [7, 11) is 10.0. The van der Waals surface area contributed by atoms with E-state index in [2.05, 4.69) is 79.7 Å². The predicted molar refractivity (Wildman–Crippen MR) is 130 cm³/mol. The summed E-state index contributed by atoms with van der Waals surface area (Å²) >= 11 is -0.106. The van der Waals surface area contributed by atoms with Gasteiger partial charge in [0.05, 0.1) is 0 Å². The van der Waals surface area contributed by atoms with Crippen molar-refractivity contribution < 1.29 is 33.0 Å². The number of rotatable bonds is 6. The first kappa shape index (κ1) is 32.2. The van der Waals surface area contributed by atoms with Crippen LogP contribution in [0.25, 0.3) is 0 Å². The Morgan fingerprint density at radius 2 is 1.14 bits per heavy atom. The van der Waals surface area contributed by atoms with E-state index in [-0.39, 0.29) is 40.9 Å². The fourth-order valence-corrected chi connectivity index (χ4v) is 11.1. The summed E-state index contributed by atoms with van der Waals surface area (Å²) in [5.74, 6) is 0. The standard InChI is InChI=1S/C11H23P.C11H18P.2ClH.Fe.Pd/c2*1-9(2)12(10(3)4)11-7-5-6-8-11;;;;/h9-11H,5-8H2,1-4H3;5-10H,1-4H3;2*1H;;/q;-1;;;;+2/p-2. The minimum absolute atomic E-state index is 0. The van der Waals surface area contributed by atoms with E-state index < -0.39 is 0 Å². The summed E-state index contributed by atoms with van der Waals surface area (Å²) in [5, 5.41) is 1.56. The molecule has 1 fully saturated rings. The molecule has 172 valence electrons. The maximum absolute atomic E-state index is 4.81. The molecule has 28 heavy (non-hydrogen) atoms. The van der Waals surface area contributed by atoms with E-state index in [1.54, 1.807) is 5.30 Å². The Balaban J connectivity index is 0. The van der Waals surface area contributed by atoms with Crippen molar-refractivity contribution in [1.82, 2.24) is 0 Å². The van der Waals surface area contributed by atoms with Crippen LogP contribution in [0.4, 0.5) is 0 Å². The molecule has 0 N–H and O–H groups in total. The Kier molecular flexibility index (Phi) is 21.3. The first-order valence-corrected chi connectivity index (χ1v) is 17.3. The summed E-state index contributed by atoms with van der Waals surface area (Å²) in [4.78, 5) is 0. The van der Waals surface area contributed by atoms with Gasteiger partial charge in [0.15, 0.2) is 0 Å². The number of hydrogen-bond donors (Lipinski definition) is 0. The quantitative estimate of drug-likeness (QED) is 0.174. The summed E-state index contributed by atoms with van der Waals surface area (Å²) < 4.78 is 0. The number of halogens is 2. The molecule has 0 heterocycles. The van der Waals surface area contributed by atoms with Gasteiger partial charge in [0.2, 0.25) is 0 Å². The van der Waals surface area contributed by atoms with Crippen LogP contribution < -0.4 is 5.30 Å². The van der Waals surface area contributed by atoms with Gasteiger partial charge in [0.25, 0.3) is 0 Å². The van der Waals surface area contributed by atoms with E-state index in [1.807, 2.05) is 0 Å². The van der Waals surface area contributed by atoms with E-state index in [0.29, 0.717) is 7.92 Å². The molecule has 0 saturated heterocycles. The Hall–Kier alpha value is 1.97. The maximum atomic E-state index is 4.81. The van der Waals surface area contributed by atoms with Crippen LogP contribution in [0, 0.1) is 0 Å². The van der Waals surface area contributed by atoms with Crippen molar-refractivity contribution in [3.05, 3.63) is 24.3 Å². The molecule has 6 heteroatoms. The van der Waals surface area contributed by atoms with Crippen LogP contribution in [0.1, 0.15) is 81.1 Å². The van der Waals surface area contributed by atoms with Crippen molar-refractivity contribution in [2.24, 2.45) is 0 Å². The van der Waals surface area contributed by atoms with Gasteiger partial charge in [-0.15, -0.1) is 13.2 Å². The average Bonchev–Trinajstić information content (AvgIpc) is 3.21. The van der Waals surface area contributed by atoms with Crippen LogP contribution in [0.3, 0.4) is 0 Å². The summed E-state index contributed by atoms with van der Waals surface area (Å²) in [6.07, 6.45) is 6.07. The van der Waals surface area contributed by atoms with Crippen LogP contribution in [0.5, 0.6) is 0 Å². The molecule has 0 bridgehead atoms. The third-order valence-electron chi connectivity index (χ3n) is 4.99. The molecule has 0 spiro atoms. The van der Waals surface area contributed by atoms with Crippen LogP contribution >= 0.6 is 34.9 Å². The van der Waals surface area contributed by atoms with Crippen LogP contribution in [-0.2, 0) is 33.0 Å². The second kappa shape index (κ2) is 18.5. The van der Waals surface area contributed by atoms with Gasteiger partial charge in [-0.2, -0.15) is 12.1 Å². The van der Waals surface area contributed by atoms with E-state index in [0.717, 1.165) is 28.3 Å². The Morgan fingerprint density at radius 3 is 1.43 bits per heavy atom. The Morgan fingerprint density at radius 1 is 0.786 bits per heavy atom. The molecular formula is C22H41Cl2FeP2Pd-. The molecule has 0 radical (unpaired) electrons. The molecule has 1 aromatic rings. The molecule has 0 nitrogen and oxygen atoms in total. The van der Waals surface area contributed by atoms with E-state index >= 15 is 0 Å². The van der Waals surface area contributed by atoms with Crippen molar-refractivity contribution in [3.63, 3.8) is 0 Å². The second-order valence-corrected chi connectivity index (χ2v) is 17.8. The average molecular weight is 601 g/mol. The van der Waals surface area contributed by atoms with Gasteiger partial charge < -0.3 is 0 Å². The number of hydrogen-bond acceptors (Lipinski definition) is 0. The minimum Gasteiger partial charge on any atom is 0 e. The molecule has 2 rings (SSSR count). The molecule has 0 amide bonds. The van der Waals surface area contributed by atoms with Crippen LogP contribution in [0.2, 0.25) is 0 Å². The zero-order chi connectivity index (χ0) is 21.0. The molecule has 0 unspecified atom stereocenters. The smallest absolute Gasteiger partial charge is 0 e. The Bertz CT molecular complexity index is 431. The molecule has 1 aliphatic carbocycles. The molecule has 0 aliphatic heterocycles. The minimum atomic E-state index is -0.106. The van der Waals surface area contributed by atoms with Gasteiger partial charge in [-0.1, -0.05) is 76.2 Å². The zero-order valence-electron chi connectivity index (χ0n) is 18.8. The Labute approximate surface area is 205 Å². The van der Waals surface area contributed by atoms with Gasteiger partial charge in [0.1, 0.15) is 0 Å². The normalized spacial score (nSPS) is 14.6. The third-order valence-corrected chi connectivity index (χ3v) is 11.9. The fourth-order valence-electron chi connectivity index (χ4n) is 4.37. The van der Waals surface area contributed by atoms with E-state index in [9.17, 15) is 0 Å². The first-order valence-electron chi connectivity index (χ1n) is 10.3. The molecule has 1 saturated carbocycles. The summed E-state index contributed by atoms with van der Waals surface area (Å²) in [5.41, 5.74) is 4.62. The van der Waals surface area contributed by atoms with Crippen molar-refractivity contribution in [2.45, 2.75) is 109 Å². The second-order valence-electron chi connectivity index (χ2n) is 8.36. The van der Waals surface area contributed by atoms with Crippen molar-refractivity contribution in [3.8, 4) is 0 Å². The van der Waals surface area contributed by atoms with Crippen LogP contribution in [-0.4, -0.2) is 28.3 Å². The molecule has 0 atom stereocenters. The largest absolute Gasteiger partial charge is 0 e. The van der Waals surface area contributed by atoms with Crippen LogP contribution in [0.15, 0.2) is 24.3 Å². The third kappa shape index (κ3) is 12.7. The monoisotopic (exact) mass is 599 g/mol. The SMILES string of the molecule is CC(C)P(C(C)C)C1CCCC1.CC(C)P([c-]1cccc1)C(C)C.[Cl][Pd][Cl].[Fe]. The summed E-state index contributed by atoms with van der Waals surface area (Å²) in [6, 6.07) is 8.84. The van der Waals surface area contributed by atoms with E-state index in [1.165, 1.54) is 25.7 Å². The zero-order valence-corrected chi connectivity index (χ0v) is 24.8. The van der Waals surface area contributed by atoms with Gasteiger partial charge in [-0.25, -0.2) is 12.1 Å². The van der Waals surface area contributed by atoms with E-state index in [4.69, 9.17) is 19.1 Å². The van der Waals surface area contributed by atoms with Crippen molar-refractivity contribution >= 4 is 40.2 Å². The predicted octanol–water partition coefficient (Wildman–Crippen LogP) is 8.93. The fraction of sp³-hybridized carbons (Fsp3) is 0.773. The van der Waals surface area contributed by atoms with Gasteiger partial charge in [-0.05, 0) is 41.1 Å². The molecule has 0 aromatic heterocycles. The summed E-state index contributed by atoms with van der Waals surface area (Å²) in [6.45, 7) is 19.0. The van der Waals surface area contributed by atoms with Gasteiger partial charge >= 0.3 is 35.0 Å². The maximum Gasteiger partial charge on any atom is 0 e. The topological polar surface area (TPSA) is 0 Å². The van der Waals surface area contributed by atoms with Gasteiger partial charge in [0, 0.05) is 17.1 Å².